The van der Waals surface area contributed by atoms with Crippen molar-refractivity contribution in [1.29, 1.82) is 0 Å². The molecule has 0 spiro atoms. The predicted molar refractivity (Wildman–Crippen MR) is 47.8 cm³/mol. The number of carbonyl (C=O) groups is 1. The van der Waals surface area contributed by atoms with Gasteiger partial charge in [0.2, 0.25) is 0 Å². The highest BCUT2D eigenvalue weighted by Gasteiger charge is 2.36. The van der Waals surface area contributed by atoms with Crippen molar-refractivity contribution in [3.8, 4) is 0 Å². The highest BCUT2D eigenvalue weighted by molar-refractivity contribution is 5.78. The predicted octanol–water partition coefficient (Wildman–Crippen LogP) is 1.76. The molecule has 0 heterocycles. The van der Waals surface area contributed by atoms with Crippen LogP contribution in [0, 0.1) is 11.3 Å². The van der Waals surface area contributed by atoms with E-state index >= 15 is 0 Å². The lowest BCUT2D eigenvalue weighted by Gasteiger charge is -2.38. The Balaban J connectivity index is 2.58. The Bertz CT molecular complexity index is 184. The van der Waals surface area contributed by atoms with Gasteiger partial charge in [0.05, 0.1) is 6.10 Å². The van der Waals surface area contributed by atoms with Crippen LogP contribution in [0.4, 0.5) is 0 Å². The third-order valence-corrected chi connectivity index (χ3v) is 3.12. The third kappa shape index (κ3) is 1.86. The molecule has 1 saturated carbocycles. The van der Waals surface area contributed by atoms with E-state index in [-0.39, 0.29) is 23.2 Å². The molecular formula is C10H18O2. The van der Waals surface area contributed by atoms with Crippen LogP contribution in [0.25, 0.3) is 0 Å². The molecule has 0 aromatic carbocycles. The number of carbonyl (C=O) groups excluding carboxylic acids is 1. The van der Waals surface area contributed by atoms with Gasteiger partial charge in [0.1, 0.15) is 5.78 Å². The molecule has 2 atom stereocenters. The first kappa shape index (κ1) is 9.72. The van der Waals surface area contributed by atoms with Crippen molar-refractivity contribution in [2.45, 2.75) is 46.1 Å². The molecule has 0 aromatic heterocycles. The molecule has 70 valence electrons. The minimum Gasteiger partial charge on any atom is -0.393 e. The lowest BCUT2D eigenvalue weighted by Crippen LogP contribution is -2.38. The van der Waals surface area contributed by atoms with Crippen LogP contribution in [0.5, 0.6) is 0 Å². The summed E-state index contributed by atoms with van der Waals surface area (Å²) in [6.07, 6.45) is 2.25. The molecule has 2 heteroatoms. The molecule has 1 aliphatic carbocycles. The Morgan fingerprint density at radius 3 is 2.50 bits per heavy atom. The monoisotopic (exact) mass is 170 g/mol. The maximum absolute atomic E-state index is 11.0. The van der Waals surface area contributed by atoms with Gasteiger partial charge in [-0.05, 0) is 31.6 Å². The van der Waals surface area contributed by atoms with Gasteiger partial charge in [-0.25, -0.2) is 0 Å². The molecular weight excluding hydrogens is 152 g/mol. The number of rotatable bonds is 1. The van der Waals surface area contributed by atoms with Gasteiger partial charge in [-0.3, -0.25) is 4.79 Å². The van der Waals surface area contributed by atoms with Crippen molar-refractivity contribution in [3.05, 3.63) is 0 Å². The van der Waals surface area contributed by atoms with Crippen LogP contribution >= 0.6 is 0 Å². The summed E-state index contributed by atoms with van der Waals surface area (Å²) in [5, 5.41) is 9.70. The second-order valence-corrected chi connectivity index (χ2v) is 4.59. The molecule has 1 unspecified atom stereocenters. The summed E-state index contributed by atoms with van der Waals surface area (Å²) < 4.78 is 0. The Morgan fingerprint density at radius 1 is 1.50 bits per heavy atom. The Labute approximate surface area is 74.0 Å². The smallest absolute Gasteiger partial charge is 0.133 e. The molecule has 1 fully saturated rings. The molecule has 1 rings (SSSR count). The van der Waals surface area contributed by atoms with E-state index in [0.717, 1.165) is 12.8 Å². The largest absolute Gasteiger partial charge is 0.393 e. The zero-order valence-electron chi connectivity index (χ0n) is 8.13. The summed E-state index contributed by atoms with van der Waals surface area (Å²) in [6.45, 7) is 5.75. The van der Waals surface area contributed by atoms with Crippen LogP contribution in [-0.4, -0.2) is 17.0 Å². The number of ketones is 1. The second-order valence-electron chi connectivity index (χ2n) is 4.59. The first-order valence-corrected chi connectivity index (χ1v) is 4.62. The summed E-state index contributed by atoms with van der Waals surface area (Å²) in [7, 11) is 0. The zero-order chi connectivity index (χ0) is 9.35. The number of aliphatic hydroxyl groups is 1. The van der Waals surface area contributed by atoms with Crippen LogP contribution in [0.3, 0.4) is 0 Å². The lowest BCUT2D eigenvalue weighted by molar-refractivity contribution is -0.125. The fourth-order valence-electron chi connectivity index (χ4n) is 1.79. The van der Waals surface area contributed by atoms with E-state index in [2.05, 4.69) is 13.8 Å². The van der Waals surface area contributed by atoms with Crippen LogP contribution in [0.2, 0.25) is 0 Å². The van der Waals surface area contributed by atoms with Gasteiger partial charge in [-0.15, -0.1) is 0 Å². The van der Waals surface area contributed by atoms with E-state index in [1.54, 1.807) is 6.92 Å². The normalized spacial score (nSPS) is 34.7. The quantitative estimate of drug-likeness (QED) is 0.651. The number of hydrogen-bond donors (Lipinski definition) is 1. The average Bonchev–Trinajstić information content (AvgIpc) is 1.94. The number of Topliss-reactive ketones (excluding diaryl/α,β-unsaturated/α-hetero) is 1. The number of hydrogen-bond acceptors (Lipinski definition) is 2. The average molecular weight is 170 g/mol. The first-order chi connectivity index (χ1) is 5.43. The first-order valence-electron chi connectivity index (χ1n) is 4.62. The fraction of sp³-hybridized carbons (Fsp3) is 0.900. The van der Waals surface area contributed by atoms with Crippen molar-refractivity contribution < 1.29 is 9.90 Å². The molecule has 1 N–H and O–H groups in total. The molecule has 0 radical (unpaired) electrons. The Hall–Kier alpha value is -0.370. The standard InChI is InChI=1S/C10H18O2/c1-7(11)8-4-5-10(2,3)9(12)6-8/h8-9,12H,4-6H2,1-3H3/t8?,9-/m1/s1. The van der Waals surface area contributed by atoms with Gasteiger partial charge >= 0.3 is 0 Å². The van der Waals surface area contributed by atoms with E-state index in [4.69, 9.17) is 0 Å². The van der Waals surface area contributed by atoms with Gasteiger partial charge in [0.25, 0.3) is 0 Å². The summed E-state index contributed by atoms with van der Waals surface area (Å²) in [6, 6.07) is 0. The van der Waals surface area contributed by atoms with Crippen LogP contribution in [0.15, 0.2) is 0 Å². The van der Waals surface area contributed by atoms with Gasteiger partial charge in [0, 0.05) is 5.92 Å². The Morgan fingerprint density at radius 2 is 2.08 bits per heavy atom. The van der Waals surface area contributed by atoms with Crippen LogP contribution < -0.4 is 0 Å². The minimum atomic E-state index is -0.305. The molecule has 0 saturated heterocycles. The van der Waals surface area contributed by atoms with Crippen LogP contribution in [0.1, 0.15) is 40.0 Å². The van der Waals surface area contributed by atoms with Gasteiger partial charge in [-0.1, -0.05) is 13.8 Å². The SMILES string of the molecule is CC(=O)C1CCC(C)(C)[C@H](O)C1. The molecule has 12 heavy (non-hydrogen) atoms. The van der Waals surface area contributed by atoms with E-state index in [1.165, 1.54) is 0 Å². The maximum Gasteiger partial charge on any atom is 0.133 e. The van der Waals surface area contributed by atoms with Gasteiger partial charge in [-0.2, -0.15) is 0 Å². The summed E-state index contributed by atoms with van der Waals surface area (Å²) >= 11 is 0. The van der Waals surface area contributed by atoms with Crippen molar-refractivity contribution in [2.24, 2.45) is 11.3 Å². The second kappa shape index (κ2) is 3.17. The number of aliphatic hydroxyl groups excluding tert-OH is 1. The molecule has 1 aliphatic rings. The third-order valence-electron chi connectivity index (χ3n) is 3.12. The van der Waals surface area contributed by atoms with Crippen LogP contribution in [-0.2, 0) is 4.79 Å². The van der Waals surface area contributed by atoms with E-state index in [9.17, 15) is 9.90 Å². The van der Waals surface area contributed by atoms with Gasteiger partial charge < -0.3 is 5.11 Å². The van der Waals surface area contributed by atoms with Crippen molar-refractivity contribution in [1.82, 2.24) is 0 Å². The summed E-state index contributed by atoms with van der Waals surface area (Å²) in [5.41, 5.74) is 0.00590. The highest BCUT2D eigenvalue weighted by Crippen LogP contribution is 2.38. The maximum atomic E-state index is 11.0. The zero-order valence-corrected chi connectivity index (χ0v) is 8.13. The summed E-state index contributed by atoms with van der Waals surface area (Å²) in [5.74, 6) is 0.331. The molecule has 0 aliphatic heterocycles. The summed E-state index contributed by atoms with van der Waals surface area (Å²) in [4.78, 5) is 11.0. The molecule has 0 aromatic rings. The van der Waals surface area contributed by atoms with Gasteiger partial charge in [0.15, 0.2) is 0 Å². The molecule has 2 nitrogen and oxygen atoms in total. The van der Waals surface area contributed by atoms with Crippen molar-refractivity contribution in [3.63, 3.8) is 0 Å². The van der Waals surface area contributed by atoms with Crippen molar-refractivity contribution in [2.75, 3.05) is 0 Å². The Kier molecular flexibility index (Phi) is 2.57. The van der Waals surface area contributed by atoms with E-state index < -0.39 is 0 Å². The van der Waals surface area contributed by atoms with Crippen molar-refractivity contribution >= 4 is 5.78 Å². The fourth-order valence-corrected chi connectivity index (χ4v) is 1.79. The molecule has 0 amide bonds. The highest BCUT2D eigenvalue weighted by atomic mass is 16.3. The van der Waals surface area contributed by atoms with E-state index in [1.807, 2.05) is 0 Å². The molecule has 0 bridgehead atoms. The van der Waals surface area contributed by atoms with E-state index in [0.29, 0.717) is 6.42 Å². The minimum absolute atomic E-state index is 0.00590. The topological polar surface area (TPSA) is 37.3 Å². The lowest BCUT2D eigenvalue weighted by atomic mass is 9.70.